The van der Waals surface area contributed by atoms with Gasteiger partial charge >= 0.3 is 0 Å². The molecule has 0 bridgehead atoms. The monoisotopic (exact) mass is 138 g/mol. The van der Waals surface area contributed by atoms with Gasteiger partial charge in [-0.1, -0.05) is 29.7 Å². The Balaban J connectivity index is 2.96. The first-order valence-electron chi connectivity index (χ1n) is 2.84. The van der Waals surface area contributed by atoms with E-state index in [9.17, 15) is 8.78 Å². The van der Waals surface area contributed by atoms with E-state index >= 15 is 0 Å². The molecule has 1 aromatic rings. The van der Waals surface area contributed by atoms with Crippen molar-refractivity contribution in [3.63, 3.8) is 0 Å². The fourth-order valence-electron chi connectivity index (χ4n) is 0.695. The van der Waals surface area contributed by atoms with E-state index in [2.05, 4.69) is 0 Å². The average Bonchev–Trinajstić information content (AvgIpc) is 1.88. The maximum absolute atomic E-state index is 11.9. The molecule has 50 valence electrons. The van der Waals surface area contributed by atoms with Crippen molar-refractivity contribution in [1.82, 2.24) is 0 Å². The molecule has 0 amide bonds. The number of halogens is 2. The summed E-state index contributed by atoms with van der Waals surface area (Å²) in [6.45, 7) is 0. The Morgan fingerprint density at radius 3 is 2.40 bits per heavy atom. The van der Waals surface area contributed by atoms with Crippen LogP contribution in [0.2, 0.25) is 0 Å². The van der Waals surface area contributed by atoms with Crippen LogP contribution in [0.25, 0.3) is 0 Å². The second-order valence-corrected chi connectivity index (χ2v) is 1.97. The van der Waals surface area contributed by atoms with Crippen molar-refractivity contribution in [3.05, 3.63) is 29.8 Å². The van der Waals surface area contributed by atoms with Gasteiger partial charge in [0.25, 0.3) is 6.43 Å². The highest BCUT2D eigenvalue weighted by molar-refractivity contribution is 6.32. The van der Waals surface area contributed by atoms with Crippen LogP contribution in [0, 0.1) is 0 Å². The lowest BCUT2D eigenvalue weighted by Gasteiger charge is -1.98. The normalized spacial score (nSPS) is 10.3. The van der Waals surface area contributed by atoms with Crippen molar-refractivity contribution in [2.75, 3.05) is 0 Å². The third-order valence-electron chi connectivity index (χ3n) is 1.16. The average molecular weight is 138 g/mol. The molecule has 0 N–H and O–H groups in total. The third kappa shape index (κ3) is 1.56. The van der Waals surface area contributed by atoms with E-state index in [4.69, 9.17) is 7.85 Å². The standard InChI is InChI=1S/C7H5BF2/c8-6-3-1-2-5(4-6)7(9)10/h1-4,7H. The van der Waals surface area contributed by atoms with E-state index in [-0.39, 0.29) is 5.56 Å². The summed E-state index contributed by atoms with van der Waals surface area (Å²) in [5, 5.41) is 0. The second-order valence-electron chi connectivity index (χ2n) is 1.97. The van der Waals surface area contributed by atoms with Crippen LogP contribution >= 0.6 is 0 Å². The molecule has 0 aliphatic rings. The quantitative estimate of drug-likeness (QED) is 0.514. The molecule has 10 heavy (non-hydrogen) atoms. The molecular weight excluding hydrogens is 133 g/mol. The Kier molecular flexibility index (Phi) is 2.04. The van der Waals surface area contributed by atoms with Crippen molar-refractivity contribution in [1.29, 1.82) is 0 Å². The fourth-order valence-corrected chi connectivity index (χ4v) is 0.695. The lowest BCUT2D eigenvalue weighted by atomic mass is 9.95. The molecule has 0 aliphatic carbocycles. The summed E-state index contributed by atoms with van der Waals surface area (Å²) < 4.78 is 23.8. The van der Waals surface area contributed by atoms with E-state index < -0.39 is 6.43 Å². The minimum absolute atomic E-state index is 0.0278. The SMILES string of the molecule is [B]c1cccc(C(F)F)c1. The third-order valence-corrected chi connectivity index (χ3v) is 1.16. The summed E-state index contributed by atoms with van der Waals surface area (Å²) in [5.74, 6) is 0. The summed E-state index contributed by atoms with van der Waals surface area (Å²) in [7, 11) is 5.26. The van der Waals surface area contributed by atoms with Gasteiger partial charge < -0.3 is 0 Å². The summed E-state index contributed by atoms with van der Waals surface area (Å²) in [4.78, 5) is 0. The lowest BCUT2D eigenvalue weighted by molar-refractivity contribution is 0.151. The van der Waals surface area contributed by atoms with Crippen LogP contribution in [0.3, 0.4) is 0 Å². The summed E-state index contributed by atoms with van der Waals surface area (Å²) in [6, 6.07) is 5.70. The maximum Gasteiger partial charge on any atom is 0.263 e. The first-order chi connectivity index (χ1) is 4.70. The Labute approximate surface area is 59.3 Å². The molecule has 2 radical (unpaired) electrons. The van der Waals surface area contributed by atoms with Crippen molar-refractivity contribution < 1.29 is 8.78 Å². The fraction of sp³-hybridized carbons (Fsp3) is 0.143. The van der Waals surface area contributed by atoms with E-state index in [0.717, 1.165) is 0 Å². The smallest absolute Gasteiger partial charge is 0.205 e. The Morgan fingerprint density at radius 2 is 2.00 bits per heavy atom. The molecular formula is C7H5BF2. The minimum atomic E-state index is -2.43. The van der Waals surface area contributed by atoms with Gasteiger partial charge in [-0.25, -0.2) is 8.78 Å². The number of hydrogen-bond donors (Lipinski definition) is 0. The van der Waals surface area contributed by atoms with Gasteiger partial charge in [-0.3, -0.25) is 0 Å². The van der Waals surface area contributed by atoms with Crippen LogP contribution in [0.5, 0.6) is 0 Å². The molecule has 0 saturated heterocycles. The second kappa shape index (κ2) is 2.82. The first kappa shape index (κ1) is 7.25. The van der Waals surface area contributed by atoms with Crippen molar-refractivity contribution in [2.45, 2.75) is 6.43 Å². The Morgan fingerprint density at radius 1 is 1.30 bits per heavy atom. The zero-order chi connectivity index (χ0) is 7.56. The van der Waals surface area contributed by atoms with Gasteiger partial charge in [0.15, 0.2) is 0 Å². The number of benzene rings is 1. The molecule has 0 atom stereocenters. The summed E-state index contributed by atoms with van der Waals surface area (Å²) in [5.41, 5.74) is 0.345. The van der Waals surface area contributed by atoms with Crippen LogP contribution in [0.15, 0.2) is 24.3 Å². The molecule has 0 unspecified atom stereocenters. The molecule has 0 heterocycles. The molecule has 0 spiro atoms. The predicted octanol–water partition coefficient (Wildman–Crippen LogP) is 1.42. The number of hydrogen-bond acceptors (Lipinski definition) is 0. The van der Waals surface area contributed by atoms with E-state index in [1.165, 1.54) is 18.2 Å². The van der Waals surface area contributed by atoms with Gasteiger partial charge in [-0.2, -0.15) is 0 Å². The minimum Gasteiger partial charge on any atom is -0.205 e. The Bertz CT molecular complexity index is 223. The van der Waals surface area contributed by atoms with Crippen LogP contribution in [-0.4, -0.2) is 7.85 Å². The molecule has 0 nitrogen and oxygen atoms in total. The summed E-state index contributed by atoms with van der Waals surface area (Å²) in [6.07, 6.45) is -2.43. The molecule has 0 saturated carbocycles. The molecule has 0 aliphatic heterocycles. The van der Waals surface area contributed by atoms with E-state index in [1.807, 2.05) is 0 Å². The van der Waals surface area contributed by atoms with Gasteiger partial charge in [0.1, 0.15) is 7.85 Å². The highest BCUT2D eigenvalue weighted by Crippen LogP contribution is 2.15. The number of rotatable bonds is 1. The van der Waals surface area contributed by atoms with Gasteiger partial charge in [-0.15, -0.1) is 0 Å². The molecule has 0 fully saturated rings. The van der Waals surface area contributed by atoms with Gasteiger partial charge in [0.2, 0.25) is 0 Å². The highest BCUT2D eigenvalue weighted by Gasteiger charge is 2.04. The van der Waals surface area contributed by atoms with Crippen molar-refractivity contribution in [2.24, 2.45) is 0 Å². The van der Waals surface area contributed by atoms with Crippen molar-refractivity contribution in [3.8, 4) is 0 Å². The van der Waals surface area contributed by atoms with Gasteiger partial charge in [0, 0.05) is 5.56 Å². The molecule has 3 heteroatoms. The maximum atomic E-state index is 11.9. The number of alkyl halides is 2. The molecule has 1 rings (SSSR count). The van der Waals surface area contributed by atoms with Crippen LogP contribution < -0.4 is 5.46 Å². The molecule has 0 aromatic heterocycles. The topological polar surface area (TPSA) is 0 Å². The van der Waals surface area contributed by atoms with Crippen LogP contribution in [0.4, 0.5) is 8.78 Å². The highest BCUT2D eigenvalue weighted by atomic mass is 19.3. The predicted molar refractivity (Wildman–Crippen MR) is 36.8 cm³/mol. The van der Waals surface area contributed by atoms with E-state index in [1.54, 1.807) is 6.07 Å². The lowest BCUT2D eigenvalue weighted by Crippen LogP contribution is -2.02. The zero-order valence-electron chi connectivity index (χ0n) is 5.22. The van der Waals surface area contributed by atoms with E-state index in [0.29, 0.717) is 5.46 Å². The van der Waals surface area contributed by atoms with Gasteiger partial charge in [0.05, 0.1) is 0 Å². The summed E-state index contributed by atoms with van der Waals surface area (Å²) >= 11 is 0. The zero-order valence-corrected chi connectivity index (χ0v) is 5.22. The van der Waals surface area contributed by atoms with Crippen LogP contribution in [0.1, 0.15) is 12.0 Å². The van der Waals surface area contributed by atoms with Crippen molar-refractivity contribution >= 4 is 13.3 Å². The largest absolute Gasteiger partial charge is 0.263 e. The Hall–Kier alpha value is -0.855. The molecule has 1 aromatic carbocycles. The first-order valence-corrected chi connectivity index (χ1v) is 2.84. The van der Waals surface area contributed by atoms with Crippen LogP contribution in [-0.2, 0) is 0 Å². The van der Waals surface area contributed by atoms with Gasteiger partial charge in [-0.05, 0) is 0 Å².